The van der Waals surface area contributed by atoms with Crippen LogP contribution in [0.2, 0.25) is 0 Å². The Labute approximate surface area is 124 Å². The third-order valence-corrected chi connectivity index (χ3v) is 3.26. The number of nitrogens with one attached hydrogen (secondary N) is 1. The smallest absolute Gasteiger partial charge is 0.137 e. The second kappa shape index (κ2) is 7.20. The molecule has 0 fully saturated rings. The molecule has 1 atom stereocenters. The molecule has 0 amide bonds. The van der Waals surface area contributed by atoms with Crippen LogP contribution in [0.5, 0.6) is 0 Å². The van der Waals surface area contributed by atoms with Crippen molar-refractivity contribution in [2.75, 3.05) is 18.5 Å². The van der Waals surface area contributed by atoms with E-state index in [0.29, 0.717) is 5.92 Å². The van der Waals surface area contributed by atoms with Crippen LogP contribution in [0.25, 0.3) is 0 Å². The number of anilines is 1. The molecule has 1 heterocycles. The highest BCUT2D eigenvalue weighted by Crippen LogP contribution is 2.22. The summed E-state index contributed by atoms with van der Waals surface area (Å²) in [6.07, 6.45) is 2.04. The van der Waals surface area contributed by atoms with Gasteiger partial charge in [0.05, 0.1) is 0 Å². The predicted molar refractivity (Wildman–Crippen MR) is 82.4 cm³/mol. The van der Waals surface area contributed by atoms with E-state index in [2.05, 4.69) is 58.9 Å². The SMILES string of the molecule is CC(CO)CCCNc1cc(Br)nc(C(C)(C)C)n1. The van der Waals surface area contributed by atoms with E-state index >= 15 is 0 Å². The van der Waals surface area contributed by atoms with Crippen LogP contribution in [0, 0.1) is 5.92 Å². The van der Waals surface area contributed by atoms with Crippen LogP contribution < -0.4 is 5.32 Å². The van der Waals surface area contributed by atoms with Crippen molar-refractivity contribution in [1.29, 1.82) is 0 Å². The van der Waals surface area contributed by atoms with Crippen molar-refractivity contribution < 1.29 is 5.11 Å². The predicted octanol–water partition coefficient (Wildman–Crippen LogP) is 3.36. The normalized spacial score (nSPS) is 13.4. The molecule has 0 aliphatic heterocycles. The first-order valence-corrected chi connectivity index (χ1v) is 7.52. The molecule has 4 nitrogen and oxygen atoms in total. The molecule has 108 valence electrons. The summed E-state index contributed by atoms with van der Waals surface area (Å²) >= 11 is 3.42. The first-order chi connectivity index (χ1) is 8.82. The Kier molecular flexibility index (Phi) is 6.20. The van der Waals surface area contributed by atoms with Gasteiger partial charge in [-0.3, -0.25) is 0 Å². The van der Waals surface area contributed by atoms with Gasteiger partial charge in [-0.1, -0.05) is 27.7 Å². The second-order valence-corrected chi connectivity index (χ2v) is 6.82. The van der Waals surface area contributed by atoms with Gasteiger partial charge in [0.2, 0.25) is 0 Å². The zero-order valence-electron chi connectivity index (χ0n) is 12.2. The second-order valence-electron chi connectivity index (χ2n) is 6.01. The molecule has 1 rings (SSSR count). The lowest BCUT2D eigenvalue weighted by atomic mass is 9.96. The Hall–Kier alpha value is -0.680. The highest BCUT2D eigenvalue weighted by atomic mass is 79.9. The number of nitrogens with zero attached hydrogens (tertiary/aromatic N) is 2. The summed E-state index contributed by atoms with van der Waals surface area (Å²) in [6.45, 7) is 9.47. The summed E-state index contributed by atoms with van der Waals surface area (Å²) in [4.78, 5) is 8.95. The quantitative estimate of drug-likeness (QED) is 0.620. The highest BCUT2D eigenvalue weighted by molar-refractivity contribution is 9.10. The molecule has 5 heteroatoms. The van der Waals surface area contributed by atoms with E-state index in [-0.39, 0.29) is 12.0 Å². The first-order valence-electron chi connectivity index (χ1n) is 6.72. The molecule has 19 heavy (non-hydrogen) atoms. The minimum atomic E-state index is -0.0639. The van der Waals surface area contributed by atoms with E-state index in [9.17, 15) is 0 Å². The number of hydrogen-bond acceptors (Lipinski definition) is 4. The number of aliphatic hydroxyl groups is 1. The van der Waals surface area contributed by atoms with Crippen LogP contribution in [0.15, 0.2) is 10.7 Å². The van der Waals surface area contributed by atoms with Crippen molar-refractivity contribution in [3.05, 3.63) is 16.5 Å². The molecule has 0 saturated heterocycles. The lowest BCUT2D eigenvalue weighted by Crippen LogP contribution is -2.17. The van der Waals surface area contributed by atoms with Gasteiger partial charge in [0.25, 0.3) is 0 Å². The van der Waals surface area contributed by atoms with Crippen LogP contribution in [0.3, 0.4) is 0 Å². The molecule has 1 unspecified atom stereocenters. The summed E-state index contributed by atoms with van der Waals surface area (Å²) < 4.78 is 0.804. The summed E-state index contributed by atoms with van der Waals surface area (Å²) in [5.74, 6) is 2.04. The summed E-state index contributed by atoms with van der Waals surface area (Å²) in [6, 6.07) is 1.89. The maximum atomic E-state index is 8.97. The van der Waals surface area contributed by atoms with E-state index in [0.717, 1.165) is 35.6 Å². The molecule has 0 aromatic carbocycles. The molecule has 0 radical (unpaired) electrons. The largest absolute Gasteiger partial charge is 0.396 e. The fraction of sp³-hybridized carbons (Fsp3) is 0.714. The molecular formula is C14H24BrN3O. The minimum Gasteiger partial charge on any atom is -0.396 e. The zero-order chi connectivity index (χ0) is 14.5. The van der Waals surface area contributed by atoms with Crippen LogP contribution in [-0.4, -0.2) is 28.2 Å². The van der Waals surface area contributed by atoms with Crippen molar-refractivity contribution in [2.45, 2.75) is 46.0 Å². The molecule has 1 aromatic rings. The third kappa shape index (κ3) is 5.87. The van der Waals surface area contributed by atoms with E-state index < -0.39 is 0 Å². The van der Waals surface area contributed by atoms with Crippen molar-refractivity contribution in [1.82, 2.24) is 9.97 Å². The van der Waals surface area contributed by atoms with E-state index in [4.69, 9.17) is 5.11 Å². The zero-order valence-corrected chi connectivity index (χ0v) is 13.8. The van der Waals surface area contributed by atoms with Crippen LogP contribution in [0.4, 0.5) is 5.82 Å². The molecule has 0 spiro atoms. The van der Waals surface area contributed by atoms with Gasteiger partial charge < -0.3 is 10.4 Å². The van der Waals surface area contributed by atoms with Crippen LogP contribution >= 0.6 is 15.9 Å². The highest BCUT2D eigenvalue weighted by Gasteiger charge is 2.18. The lowest BCUT2D eigenvalue weighted by Gasteiger charge is -2.18. The molecule has 0 bridgehead atoms. The Morgan fingerprint density at radius 1 is 1.37 bits per heavy atom. The third-order valence-electron chi connectivity index (χ3n) is 2.86. The van der Waals surface area contributed by atoms with Gasteiger partial charge in [-0.25, -0.2) is 9.97 Å². The Balaban J connectivity index is 2.57. The van der Waals surface area contributed by atoms with E-state index in [1.165, 1.54) is 0 Å². The maximum absolute atomic E-state index is 8.97. The topological polar surface area (TPSA) is 58.0 Å². The number of aliphatic hydroxyl groups excluding tert-OH is 1. The standard InChI is InChI=1S/C14H24BrN3O/c1-10(9-19)6-5-7-16-12-8-11(15)17-13(18-12)14(2,3)4/h8,10,19H,5-7,9H2,1-4H3,(H,16,17,18). The first kappa shape index (κ1) is 16.4. The van der Waals surface area contributed by atoms with E-state index in [1.807, 2.05) is 6.07 Å². The summed E-state index contributed by atoms with van der Waals surface area (Å²) in [5.41, 5.74) is -0.0639. The molecule has 2 N–H and O–H groups in total. The average molecular weight is 330 g/mol. The summed E-state index contributed by atoms with van der Waals surface area (Å²) in [7, 11) is 0. The van der Waals surface area contributed by atoms with Crippen molar-refractivity contribution in [3.8, 4) is 0 Å². The summed E-state index contributed by atoms with van der Waals surface area (Å²) in [5, 5.41) is 12.3. The minimum absolute atomic E-state index is 0.0639. The lowest BCUT2D eigenvalue weighted by molar-refractivity contribution is 0.229. The van der Waals surface area contributed by atoms with Crippen molar-refractivity contribution in [3.63, 3.8) is 0 Å². The maximum Gasteiger partial charge on any atom is 0.137 e. The van der Waals surface area contributed by atoms with Crippen molar-refractivity contribution >= 4 is 21.7 Å². The number of halogens is 1. The Bertz CT molecular complexity index is 404. The molecule has 0 aliphatic carbocycles. The van der Waals surface area contributed by atoms with Gasteiger partial charge >= 0.3 is 0 Å². The molecule has 1 aromatic heterocycles. The van der Waals surface area contributed by atoms with Gasteiger partial charge in [-0.15, -0.1) is 0 Å². The van der Waals surface area contributed by atoms with Gasteiger partial charge in [0, 0.05) is 24.6 Å². The molecule has 0 saturated carbocycles. The van der Waals surface area contributed by atoms with Crippen LogP contribution in [-0.2, 0) is 5.41 Å². The Morgan fingerprint density at radius 2 is 2.05 bits per heavy atom. The number of hydrogen-bond donors (Lipinski definition) is 2. The van der Waals surface area contributed by atoms with Gasteiger partial charge in [-0.05, 0) is 34.7 Å². The number of rotatable bonds is 6. The van der Waals surface area contributed by atoms with Gasteiger partial charge in [0.1, 0.15) is 16.2 Å². The van der Waals surface area contributed by atoms with Crippen LogP contribution in [0.1, 0.15) is 46.4 Å². The Morgan fingerprint density at radius 3 is 2.63 bits per heavy atom. The average Bonchev–Trinajstić information content (AvgIpc) is 2.32. The molecular weight excluding hydrogens is 306 g/mol. The van der Waals surface area contributed by atoms with Gasteiger partial charge in [-0.2, -0.15) is 0 Å². The van der Waals surface area contributed by atoms with Crippen molar-refractivity contribution in [2.24, 2.45) is 5.92 Å². The van der Waals surface area contributed by atoms with E-state index in [1.54, 1.807) is 0 Å². The van der Waals surface area contributed by atoms with Gasteiger partial charge in [0.15, 0.2) is 0 Å². The number of aromatic nitrogens is 2. The molecule has 0 aliphatic rings. The fourth-order valence-corrected chi connectivity index (χ4v) is 1.99. The monoisotopic (exact) mass is 329 g/mol. The fourth-order valence-electron chi connectivity index (χ4n) is 1.60.